The summed E-state index contributed by atoms with van der Waals surface area (Å²) in [5.41, 5.74) is 0. The quantitative estimate of drug-likeness (QED) is 0.467. The van der Waals surface area contributed by atoms with Crippen molar-refractivity contribution in [1.82, 2.24) is 0 Å². The van der Waals surface area contributed by atoms with Gasteiger partial charge in [0.05, 0.1) is 13.2 Å². The van der Waals surface area contributed by atoms with E-state index >= 15 is 0 Å². The van der Waals surface area contributed by atoms with Gasteiger partial charge in [-0.25, -0.2) is 0 Å². The Kier molecular flexibility index (Phi) is 7.45. The molecule has 0 heterocycles. The lowest BCUT2D eigenvalue weighted by Crippen LogP contribution is -2.17. The van der Waals surface area contributed by atoms with Crippen LogP contribution < -0.4 is 0 Å². The lowest BCUT2D eigenvalue weighted by Gasteiger charge is -2.13. The molecule has 0 saturated carbocycles. The SMILES string of the molecule is [CH2]COCCOC(O)CC(C)C. The van der Waals surface area contributed by atoms with Gasteiger partial charge in [-0.3, -0.25) is 0 Å². The van der Waals surface area contributed by atoms with Gasteiger partial charge in [0.2, 0.25) is 0 Å². The minimum atomic E-state index is -0.654. The molecule has 0 aromatic rings. The van der Waals surface area contributed by atoms with Crippen molar-refractivity contribution in [3.8, 4) is 0 Å². The monoisotopic (exact) mass is 175 g/mol. The van der Waals surface area contributed by atoms with Crippen LogP contribution in [0.4, 0.5) is 0 Å². The molecule has 0 saturated heterocycles. The van der Waals surface area contributed by atoms with Crippen molar-refractivity contribution in [3.05, 3.63) is 6.92 Å². The molecule has 3 nitrogen and oxygen atoms in total. The van der Waals surface area contributed by atoms with E-state index in [-0.39, 0.29) is 0 Å². The van der Waals surface area contributed by atoms with Crippen LogP contribution >= 0.6 is 0 Å². The lowest BCUT2D eigenvalue weighted by atomic mass is 10.1. The third kappa shape index (κ3) is 7.98. The standard InChI is InChI=1S/C9H19O3/c1-4-11-5-6-12-9(10)7-8(2)3/h8-10H,1,4-7H2,2-3H3. The molecule has 1 atom stereocenters. The molecule has 0 aromatic heterocycles. The normalized spacial score (nSPS) is 13.8. The van der Waals surface area contributed by atoms with E-state index in [1.54, 1.807) is 0 Å². The molecule has 12 heavy (non-hydrogen) atoms. The third-order valence-electron chi connectivity index (χ3n) is 1.36. The van der Waals surface area contributed by atoms with Gasteiger partial charge < -0.3 is 14.6 Å². The number of hydrogen-bond donors (Lipinski definition) is 1. The highest BCUT2D eigenvalue weighted by Gasteiger charge is 2.05. The van der Waals surface area contributed by atoms with Gasteiger partial charge in [-0.2, -0.15) is 0 Å². The van der Waals surface area contributed by atoms with Crippen molar-refractivity contribution in [2.24, 2.45) is 5.92 Å². The van der Waals surface area contributed by atoms with Gasteiger partial charge in [0, 0.05) is 13.0 Å². The summed E-state index contributed by atoms with van der Waals surface area (Å²) in [6.45, 7) is 8.97. The molecular weight excluding hydrogens is 156 g/mol. The van der Waals surface area contributed by atoms with E-state index in [2.05, 4.69) is 6.92 Å². The van der Waals surface area contributed by atoms with Gasteiger partial charge in [-0.15, -0.1) is 0 Å². The molecule has 0 fully saturated rings. The number of aliphatic hydroxyl groups is 1. The van der Waals surface area contributed by atoms with Crippen LogP contribution in [0, 0.1) is 12.8 Å². The third-order valence-corrected chi connectivity index (χ3v) is 1.36. The average Bonchev–Trinajstić information content (AvgIpc) is 1.97. The maximum atomic E-state index is 9.23. The number of aliphatic hydroxyl groups excluding tert-OH is 1. The molecule has 1 radical (unpaired) electrons. The van der Waals surface area contributed by atoms with Crippen LogP contribution in [0.2, 0.25) is 0 Å². The van der Waals surface area contributed by atoms with Crippen molar-refractivity contribution in [2.45, 2.75) is 26.6 Å². The summed E-state index contributed by atoms with van der Waals surface area (Å²) in [7, 11) is 0. The van der Waals surface area contributed by atoms with E-state index in [4.69, 9.17) is 9.47 Å². The Balaban J connectivity index is 3.14. The Morgan fingerprint density at radius 1 is 1.33 bits per heavy atom. The largest absolute Gasteiger partial charge is 0.379 e. The Morgan fingerprint density at radius 2 is 2.00 bits per heavy atom. The smallest absolute Gasteiger partial charge is 0.154 e. The van der Waals surface area contributed by atoms with Crippen LogP contribution in [0.15, 0.2) is 0 Å². The minimum Gasteiger partial charge on any atom is -0.379 e. The minimum absolute atomic E-state index is 0.434. The molecule has 0 bridgehead atoms. The molecule has 0 aliphatic heterocycles. The molecule has 0 aliphatic carbocycles. The van der Waals surface area contributed by atoms with Gasteiger partial charge in [-0.1, -0.05) is 13.8 Å². The zero-order chi connectivity index (χ0) is 9.40. The predicted octanol–water partition coefficient (Wildman–Crippen LogP) is 1.22. The van der Waals surface area contributed by atoms with Crippen LogP contribution in [-0.2, 0) is 9.47 Å². The fourth-order valence-electron chi connectivity index (χ4n) is 0.816. The summed E-state index contributed by atoms with van der Waals surface area (Å²) in [5.74, 6) is 0.453. The first kappa shape index (κ1) is 11.9. The Hall–Kier alpha value is -0.120. The fourth-order valence-corrected chi connectivity index (χ4v) is 0.816. The summed E-state index contributed by atoms with van der Waals surface area (Å²) in [6, 6.07) is 0. The first-order valence-corrected chi connectivity index (χ1v) is 4.33. The second-order valence-electron chi connectivity index (χ2n) is 3.07. The van der Waals surface area contributed by atoms with Crippen LogP contribution in [0.5, 0.6) is 0 Å². The maximum Gasteiger partial charge on any atom is 0.154 e. The van der Waals surface area contributed by atoms with E-state index in [1.165, 1.54) is 0 Å². The van der Waals surface area contributed by atoms with Gasteiger partial charge in [0.25, 0.3) is 0 Å². The zero-order valence-electron chi connectivity index (χ0n) is 7.95. The van der Waals surface area contributed by atoms with Crippen LogP contribution in [0.25, 0.3) is 0 Å². The van der Waals surface area contributed by atoms with Crippen molar-refractivity contribution >= 4 is 0 Å². The lowest BCUT2D eigenvalue weighted by molar-refractivity contribution is -0.119. The van der Waals surface area contributed by atoms with E-state index in [0.29, 0.717) is 32.2 Å². The average molecular weight is 175 g/mol. The molecule has 1 unspecified atom stereocenters. The molecule has 0 rings (SSSR count). The summed E-state index contributed by atoms with van der Waals surface area (Å²) in [5, 5.41) is 9.23. The van der Waals surface area contributed by atoms with Crippen molar-refractivity contribution in [2.75, 3.05) is 19.8 Å². The van der Waals surface area contributed by atoms with Gasteiger partial charge in [0.15, 0.2) is 6.29 Å². The molecule has 0 spiro atoms. The van der Waals surface area contributed by atoms with Crippen LogP contribution in [0.1, 0.15) is 20.3 Å². The zero-order valence-corrected chi connectivity index (χ0v) is 7.95. The van der Waals surface area contributed by atoms with Crippen LogP contribution in [-0.4, -0.2) is 31.2 Å². The summed E-state index contributed by atoms with van der Waals surface area (Å²) >= 11 is 0. The van der Waals surface area contributed by atoms with Crippen LogP contribution in [0.3, 0.4) is 0 Å². The van der Waals surface area contributed by atoms with Crippen molar-refractivity contribution in [3.63, 3.8) is 0 Å². The topological polar surface area (TPSA) is 38.7 Å². The van der Waals surface area contributed by atoms with Gasteiger partial charge in [-0.05, 0) is 12.8 Å². The molecule has 73 valence electrons. The molecule has 0 aliphatic rings. The van der Waals surface area contributed by atoms with Gasteiger partial charge >= 0.3 is 0 Å². The van der Waals surface area contributed by atoms with E-state index in [0.717, 1.165) is 0 Å². The second kappa shape index (κ2) is 7.53. The highest BCUT2D eigenvalue weighted by molar-refractivity contribution is 4.47. The highest BCUT2D eigenvalue weighted by atomic mass is 16.6. The molecule has 0 aromatic carbocycles. The highest BCUT2D eigenvalue weighted by Crippen LogP contribution is 2.04. The van der Waals surface area contributed by atoms with E-state index in [9.17, 15) is 5.11 Å². The second-order valence-corrected chi connectivity index (χ2v) is 3.07. The van der Waals surface area contributed by atoms with E-state index in [1.807, 2.05) is 13.8 Å². The Labute approximate surface area is 74.7 Å². The molecule has 1 N–H and O–H groups in total. The first-order valence-electron chi connectivity index (χ1n) is 4.33. The summed E-state index contributed by atoms with van der Waals surface area (Å²) in [6.07, 6.45) is 0.0168. The number of hydrogen-bond acceptors (Lipinski definition) is 3. The predicted molar refractivity (Wildman–Crippen MR) is 47.6 cm³/mol. The molecular formula is C9H19O3. The maximum absolute atomic E-state index is 9.23. The molecule has 0 amide bonds. The number of ether oxygens (including phenoxy) is 2. The summed E-state index contributed by atoms with van der Waals surface area (Å²) in [4.78, 5) is 0. The summed E-state index contributed by atoms with van der Waals surface area (Å²) < 4.78 is 10.00. The van der Waals surface area contributed by atoms with E-state index < -0.39 is 6.29 Å². The number of rotatable bonds is 7. The molecule has 3 heteroatoms. The fraction of sp³-hybridized carbons (Fsp3) is 0.889. The van der Waals surface area contributed by atoms with Crippen molar-refractivity contribution < 1.29 is 14.6 Å². The Bertz CT molecular complexity index is 93.8. The van der Waals surface area contributed by atoms with Gasteiger partial charge in [0.1, 0.15) is 0 Å². The Morgan fingerprint density at radius 3 is 2.50 bits per heavy atom. The van der Waals surface area contributed by atoms with Crippen molar-refractivity contribution in [1.29, 1.82) is 0 Å². The first-order chi connectivity index (χ1) is 5.66.